The van der Waals surface area contributed by atoms with Crippen molar-refractivity contribution in [3.05, 3.63) is 78.4 Å². The Labute approximate surface area is 155 Å². The van der Waals surface area contributed by atoms with Gasteiger partial charge in [-0.05, 0) is 34.7 Å². The van der Waals surface area contributed by atoms with Crippen molar-refractivity contribution in [1.82, 2.24) is 14.5 Å². The number of nitrogens with zero attached hydrogens (tertiary/aromatic N) is 3. The van der Waals surface area contributed by atoms with Gasteiger partial charge in [-0.15, -0.1) is 0 Å². The van der Waals surface area contributed by atoms with Gasteiger partial charge in [0.05, 0.1) is 6.33 Å². The zero-order valence-electron chi connectivity index (χ0n) is 15.6. The van der Waals surface area contributed by atoms with Crippen molar-refractivity contribution >= 4 is 5.91 Å². The topological polar surface area (TPSA) is 38.1 Å². The molecule has 134 valence electrons. The number of aromatic nitrogens is 2. The minimum absolute atomic E-state index is 0.0669. The number of imidazole rings is 1. The van der Waals surface area contributed by atoms with Crippen LogP contribution < -0.4 is 0 Å². The molecule has 0 aliphatic heterocycles. The maximum absolute atomic E-state index is 12.6. The van der Waals surface area contributed by atoms with Crippen LogP contribution in [0.3, 0.4) is 0 Å². The largest absolute Gasteiger partial charge is 0.341 e. The molecule has 26 heavy (non-hydrogen) atoms. The van der Waals surface area contributed by atoms with Gasteiger partial charge in [-0.25, -0.2) is 4.98 Å². The minimum Gasteiger partial charge on any atom is -0.341 e. The first-order valence-corrected chi connectivity index (χ1v) is 8.93. The second-order valence-electron chi connectivity index (χ2n) is 7.09. The minimum atomic E-state index is 0.0669. The molecule has 0 aliphatic carbocycles. The zero-order chi connectivity index (χ0) is 18.5. The van der Waals surface area contributed by atoms with E-state index in [2.05, 4.69) is 43.1 Å². The maximum Gasteiger partial charge on any atom is 0.253 e. The smallest absolute Gasteiger partial charge is 0.253 e. The fourth-order valence-corrected chi connectivity index (χ4v) is 3.08. The van der Waals surface area contributed by atoms with E-state index in [-0.39, 0.29) is 5.91 Å². The third kappa shape index (κ3) is 4.39. The Bertz CT molecular complexity index is 851. The molecule has 4 heteroatoms. The van der Waals surface area contributed by atoms with Crippen molar-refractivity contribution in [2.75, 3.05) is 13.6 Å². The maximum atomic E-state index is 12.6. The highest BCUT2D eigenvalue weighted by molar-refractivity contribution is 5.95. The first-order valence-electron chi connectivity index (χ1n) is 8.93. The van der Waals surface area contributed by atoms with E-state index >= 15 is 0 Å². The molecule has 0 radical (unpaired) electrons. The van der Waals surface area contributed by atoms with E-state index in [9.17, 15) is 4.79 Å². The van der Waals surface area contributed by atoms with E-state index < -0.39 is 0 Å². The Morgan fingerprint density at radius 1 is 1.12 bits per heavy atom. The molecular formula is C22H25N3O. The van der Waals surface area contributed by atoms with Gasteiger partial charge >= 0.3 is 0 Å². The monoisotopic (exact) mass is 347 g/mol. The van der Waals surface area contributed by atoms with E-state index in [0.29, 0.717) is 5.92 Å². The van der Waals surface area contributed by atoms with Crippen LogP contribution >= 0.6 is 0 Å². The molecular weight excluding hydrogens is 322 g/mol. The average molecular weight is 347 g/mol. The van der Waals surface area contributed by atoms with E-state index in [1.807, 2.05) is 48.4 Å². The number of hydrogen-bond donors (Lipinski definition) is 0. The summed E-state index contributed by atoms with van der Waals surface area (Å²) in [5, 5.41) is 0. The molecule has 0 saturated carbocycles. The van der Waals surface area contributed by atoms with E-state index in [4.69, 9.17) is 0 Å². The Morgan fingerprint density at radius 2 is 1.88 bits per heavy atom. The normalized spacial score (nSPS) is 10.9. The van der Waals surface area contributed by atoms with Crippen LogP contribution in [-0.4, -0.2) is 34.0 Å². The lowest BCUT2D eigenvalue weighted by Gasteiger charge is -2.19. The molecule has 0 unspecified atom stereocenters. The van der Waals surface area contributed by atoms with Gasteiger partial charge in [0.25, 0.3) is 5.91 Å². The Morgan fingerprint density at radius 3 is 2.54 bits per heavy atom. The highest BCUT2D eigenvalue weighted by atomic mass is 16.2. The molecule has 4 nitrogen and oxygen atoms in total. The number of hydrogen-bond acceptors (Lipinski definition) is 2. The van der Waals surface area contributed by atoms with E-state index in [1.54, 1.807) is 11.1 Å². The quantitative estimate of drug-likeness (QED) is 0.666. The summed E-state index contributed by atoms with van der Waals surface area (Å²) in [6.45, 7) is 5.79. The Kier molecular flexibility index (Phi) is 5.52. The number of amides is 1. The van der Waals surface area contributed by atoms with Crippen molar-refractivity contribution in [2.45, 2.75) is 20.4 Å². The van der Waals surface area contributed by atoms with Gasteiger partial charge in [0.2, 0.25) is 0 Å². The molecule has 0 atom stereocenters. The molecule has 2 aromatic carbocycles. The first-order chi connectivity index (χ1) is 12.5. The van der Waals surface area contributed by atoms with Crippen LogP contribution in [-0.2, 0) is 6.54 Å². The van der Waals surface area contributed by atoms with Gasteiger partial charge in [-0.2, -0.15) is 0 Å². The van der Waals surface area contributed by atoms with E-state index in [1.165, 1.54) is 5.56 Å². The summed E-state index contributed by atoms with van der Waals surface area (Å²) in [6, 6.07) is 16.3. The van der Waals surface area contributed by atoms with E-state index in [0.717, 1.165) is 29.8 Å². The highest BCUT2D eigenvalue weighted by Crippen LogP contribution is 2.22. The van der Waals surface area contributed by atoms with Crippen LogP contribution in [0.2, 0.25) is 0 Å². The summed E-state index contributed by atoms with van der Waals surface area (Å²) in [5.41, 5.74) is 4.12. The van der Waals surface area contributed by atoms with Gasteiger partial charge in [-0.3, -0.25) is 4.79 Å². The summed E-state index contributed by atoms with van der Waals surface area (Å²) >= 11 is 0. The van der Waals surface area contributed by atoms with Crippen LogP contribution in [0, 0.1) is 5.92 Å². The molecule has 3 aromatic rings. The third-order valence-corrected chi connectivity index (χ3v) is 4.31. The van der Waals surface area contributed by atoms with Crippen LogP contribution in [0.25, 0.3) is 11.1 Å². The lowest BCUT2D eigenvalue weighted by molar-refractivity contribution is 0.0779. The van der Waals surface area contributed by atoms with Crippen molar-refractivity contribution in [2.24, 2.45) is 5.92 Å². The molecule has 3 rings (SSSR count). The number of carbonyl (C=O) groups is 1. The van der Waals surface area contributed by atoms with Crippen molar-refractivity contribution in [3.8, 4) is 11.1 Å². The zero-order valence-corrected chi connectivity index (χ0v) is 15.6. The summed E-state index contributed by atoms with van der Waals surface area (Å²) in [6.07, 6.45) is 5.56. The fourth-order valence-electron chi connectivity index (χ4n) is 3.08. The standard InChI is InChI=1S/C22H25N3O/c1-17(2)14-24(3)22(26)21-6-4-5-20(13-21)19-9-7-18(8-10-19)15-25-12-11-23-16-25/h4-13,16-17H,14-15H2,1-3H3. The first kappa shape index (κ1) is 17.9. The number of carbonyl (C=O) groups excluding carboxylic acids is 1. The number of rotatable bonds is 6. The lowest BCUT2D eigenvalue weighted by Crippen LogP contribution is -2.30. The summed E-state index contributed by atoms with van der Waals surface area (Å²) in [7, 11) is 1.86. The summed E-state index contributed by atoms with van der Waals surface area (Å²) in [5.74, 6) is 0.521. The van der Waals surface area contributed by atoms with Gasteiger partial charge in [-0.1, -0.05) is 50.2 Å². The van der Waals surface area contributed by atoms with Gasteiger partial charge in [0, 0.05) is 38.1 Å². The van der Waals surface area contributed by atoms with Crippen LogP contribution in [0.4, 0.5) is 0 Å². The molecule has 1 amide bonds. The fraction of sp³-hybridized carbons (Fsp3) is 0.273. The summed E-state index contributed by atoms with van der Waals surface area (Å²) in [4.78, 5) is 18.5. The summed E-state index contributed by atoms with van der Waals surface area (Å²) < 4.78 is 2.04. The Balaban J connectivity index is 1.76. The van der Waals surface area contributed by atoms with Crippen LogP contribution in [0.15, 0.2) is 67.3 Å². The molecule has 0 N–H and O–H groups in total. The molecule has 0 fully saturated rings. The molecule has 1 aromatic heterocycles. The highest BCUT2D eigenvalue weighted by Gasteiger charge is 2.13. The Hall–Kier alpha value is -2.88. The van der Waals surface area contributed by atoms with Gasteiger partial charge < -0.3 is 9.47 Å². The second-order valence-corrected chi connectivity index (χ2v) is 7.09. The van der Waals surface area contributed by atoms with Gasteiger partial charge in [0.15, 0.2) is 0 Å². The van der Waals surface area contributed by atoms with Crippen molar-refractivity contribution < 1.29 is 4.79 Å². The molecule has 0 saturated heterocycles. The lowest BCUT2D eigenvalue weighted by atomic mass is 10.0. The number of benzene rings is 2. The average Bonchev–Trinajstić information content (AvgIpc) is 3.14. The van der Waals surface area contributed by atoms with Crippen molar-refractivity contribution in [1.29, 1.82) is 0 Å². The SMILES string of the molecule is CC(C)CN(C)C(=O)c1cccc(-c2ccc(Cn3ccnc3)cc2)c1. The molecule has 0 bridgehead atoms. The third-order valence-electron chi connectivity index (χ3n) is 4.31. The second kappa shape index (κ2) is 8.00. The molecule has 0 spiro atoms. The van der Waals surface area contributed by atoms with Crippen molar-refractivity contribution in [3.63, 3.8) is 0 Å². The predicted octanol–water partition coefficient (Wildman–Crippen LogP) is 4.33. The predicted molar refractivity (Wildman–Crippen MR) is 105 cm³/mol. The van der Waals surface area contributed by atoms with Gasteiger partial charge in [0.1, 0.15) is 0 Å². The molecule has 0 aliphatic rings. The molecule has 1 heterocycles. The van der Waals surface area contributed by atoms with Crippen LogP contribution in [0.5, 0.6) is 0 Å². The van der Waals surface area contributed by atoms with Crippen LogP contribution in [0.1, 0.15) is 29.8 Å².